The minimum atomic E-state index is 0.326. The number of thiophene rings is 1. The van der Waals surface area contributed by atoms with Crippen LogP contribution in [0.15, 0.2) is 6.07 Å². The van der Waals surface area contributed by atoms with E-state index in [1.807, 2.05) is 11.3 Å². The molecule has 0 nitrogen and oxygen atoms in total. The second-order valence-corrected chi connectivity index (χ2v) is 6.24. The molecule has 0 aliphatic carbocycles. The zero-order chi connectivity index (χ0) is 10.1. The quantitative estimate of drug-likeness (QED) is 0.706. The van der Waals surface area contributed by atoms with Crippen LogP contribution in [0.1, 0.15) is 35.6 Å². The maximum absolute atomic E-state index is 3.52. The SMILES string of the molecule is Cc1cc(C)c(C(C)(C)CCBr)s1. The summed E-state index contributed by atoms with van der Waals surface area (Å²) in [7, 11) is 0. The zero-order valence-electron chi connectivity index (χ0n) is 8.78. The summed E-state index contributed by atoms with van der Waals surface area (Å²) < 4.78 is 0. The van der Waals surface area contributed by atoms with Gasteiger partial charge in [0.05, 0.1) is 0 Å². The van der Waals surface area contributed by atoms with Crippen LogP contribution >= 0.6 is 27.3 Å². The lowest BCUT2D eigenvalue weighted by Gasteiger charge is -2.23. The molecule has 0 aliphatic heterocycles. The molecular weight excluding hydrogens is 244 g/mol. The molecule has 0 bridgehead atoms. The Labute approximate surface area is 93.5 Å². The van der Waals surface area contributed by atoms with E-state index in [1.165, 1.54) is 16.9 Å². The molecular formula is C11H17BrS. The monoisotopic (exact) mass is 260 g/mol. The van der Waals surface area contributed by atoms with Gasteiger partial charge >= 0.3 is 0 Å². The average molecular weight is 261 g/mol. The van der Waals surface area contributed by atoms with Crippen molar-refractivity contribution in [3.63, 3.8) is 0 Å². The summed E-state index contributed by atoms with van der Waals surface area (Å²) in [6, 6.07) is 2.29. The highest BCUT2D eigenvalue weighted by atomic mass is 79.9. The van der Waals surface area contributed by atoms with Gasteiger partial charge in [-0.3, -0.25) is 0 Å². The Hall–Kier alpha value is 0.180. The van der Waals surface area contributed by atoms with Crippen molar-refractivity contribution >= 4 is 27.3 Å². The molecule has 1 heterocycles. The lowest BCUT2D eigenvalue weighted by molar-refractivity contribution is 0.520. The largest absolute Gasteiger partial charge is 0.145 e. The van der Waals surface area contributed by atoms with Gasteiger partial charge in [-0.25, -0.2) is 0 Å². The Morgan fingerprint density at radius 1 is 1.38 bits per heavy atom. The molecule has 0 N–H and O–H groups in total. The number of rotatable bonds is 3. The van der Waals surface area contributed by atoms with E-state index >= 15 is 0 Å². The van der Waals surface area contributed by atoms with Crippen molar-refractivity contribution in [1.29, 1.82) is 0 Å². The fourth-order valence-electron chi connectivity index (χ4n) is 1.66. The number of halogens is 1. The summed E-state index contributed by atoms with van der Waals surface area (Å²) in [5.74, 6) is 0. The van der Waals surface area contributed by atoms with Gasteiger partial charge < -0.3 is 0 Å². The van der Waals surface area contributed by atoms with E-state index < -0.39 is 0 Å². The van der Waals surface area contributed by atoms with E-state index in [9.17, 15) is 0 Å². The van der Waals surface area contributed by atoms with Crippen molar-refractivity contribution in [3.8, 4) is 0 Å². The standard InChI is InChI=1S/C11H17BrS/c1-8-7-9(2)13-10(8)11(3,4)5-6-12/h7H,5-6H2,1-4H3. The minimum Gasteiger partial charge on any atom is -0.145 e. The van der Waals surface area contributed by atoms with Crippen molar-refractivity contribution in [2.75, 3.05) is 5.33 Å². The Morgan fingerprint density at radius 2 is 2.00 bits per heavy atom. The molecule has 13 heavy (non-hydrogen) atoms. The van der Waals surface area contributed by atoms with E-state index in [0.29, 0.717) is 5.41 Å². The van der Waals surface area contributed by atoms with Gasteiger partial charge in [0, 0.05) is 20.5 Å². The third-order valence-corrected chi connectivity index (χ3v) is 4.29. The van der Waals surface area contributed by atoms with E-state index in [0.717, 1.165) is 5.33 Å². The average Bonchev–Trinajstić information content (AvgIpc) is 2.30. The van der Waals surface area contributed by atoms with Gasteiger partial charge in [0.15, 0.2) is 0 Å². The van der Waals surface area contributed by atoms with Gasteiger partial charge in [-0.05, 0) is 31.9 Å². The van der Waals surface area contributed by atoms with Crippen LogP contribution in [-0.2, 0) is 5.41 Å². The molecule has 0 fully saturated rings. The second kappa shape index (κ2) is 4.14. The van der Waals surface area contributed by atoms with Gasteiger partial charge in [0.2, 0.25) is 0 Å². The van der Waals surface area contributed by atoms with Crippen LogP contribution in [-0.4, -0.2) is 5.33 Å². The molecule has 0 spiro atoms. The molecule has 0 aromatic carbocycles. The number of hydrogen-bond acceptors (Lipinski definition) is 1. The second-order valence-electron chi connectivity index (χ2n) is 4.19. The summed E-state index contributed by atoms with van der Waals surface area (Å²) in [4.78, 5) is 2.97. The van der Waals surface area contributed by atoms with Gasteiger partial charge in [-0.15, -0.1) is 11.3 Å². The van der Waals surface area contributed by atoms with Crippen molar-refractivity contribution in [2.24, 2.45) is 0 Å². The van der Waals surface area contributed by atoms with E-state index in [2.05, 4.69) is 49.7 Å². The highest BCUT2D eigenvalue weighted by Gasteiger charge is 2.23. The summed E-state index contributed by atoms with van der Waals surface area (Å²) >= 11 is 5.46. The van der Waals surface area contributed by atoms with Crippen LogP contribution in [0, 0.1) is 13.8 Å². The maximum atomic E-state index is 3.52. The fraction of sp³-hybridized carbons (Fsp3) is 0.636. The predicted molar refractivity (Wildman–Crippen MR) is 65.2 cm³/mol. The first-order valence-electron chi connectivity index (χ1n) is 4.61. The fourth-order valence-corrected chi connectivity index (χ4v) is 3.81. The molecule has 74 valence electrons. The van der Waals surface area contributed by atoms with Gasteiger partial charge in [0.25, 0.3) is 0 Å². The third-order valence-electron chi connectivity index (χ3n) is 2.38. The van der Waals surface area contributed by atoms with Crippen molar-refractivity contribution in [1.82, 2.24) is 0 Å². The van der Waals surface area contributed by atoms with Crippen LogP contribution in [0.4, 0.5) is 0 Å². The molecule has 2 heteroatoms. The smallest absolute Gasteiger partial charge is 0.0134 e. The van der Waals surface area contributed by atoms with Crippen molar-refractivity contribution < 1.29 is 0 Å². The summed E-state index contributed by atoms with van der Waals surface area (Å²) in [6.45, 7) is 9.05. The molecule has 1 rings (SSSR count). The summed E-state index contributed by atoms with van der Waals surface area (Å²) in [5, 5.41) is 1.08. The van der Waals surface area contributed by atoms with Crippen LogP contribution < -0.4 is 0 Å². The molecule has 0 saturated carbocycles. The van der Waals surface area contributed by atoms with Crippen molar-refractivity contribution in [2.45, 2.75) is 39.5 Å². The van der Waals surface area contributed by atoms with Crippen molar-refractivity contribution in [3.05, 3.63) is 21.4 Å². The first-order valence-corrected chi connectivity index (χ1v) is 6.54. The number of alkyl halides is 1. The topological polar surface area (TPSA) is 0 Å². The molecule has 0 aliphatic rings. The van der Waals surface area contributed by atoms with Crippen LogP contribution in [0.5, 0.6) is 0 Å². The van der Waals surface area contributed by atoms with Crippen LogP contribution in [0.3, 0.4) is 0 Å². The highest BCUT2D eigenvalue weighted by Crippen LogP contribution is 2.35. The Balaban J connectivity index is 2.98. The lowest BCUT2D eigenvalue weighted by Crippen LogP contribution is -2.16. The molecule has 0 unspecified atom stereocenters. The van der Waals surface area contributed by atoms with E-state index in [4.69, 9.17) is 0 Å². The van der Waals surface area contributed by atoms with Crippen LogP contribution in [0.25, 0.3) is 0 Å². The van der Waals surface area contributed by atoms with Gasteiger partial charge in [-0.1, -0.05) is 29.8 Å². The summed E-state index contributed by atoms with van der Waals surface area (Å²) in [6.07, 6.45) is 1.20. The van der Waals surface area contributed by atoms with Gasteiger partial charge in [-0.2, -0.15) is 0 Å². The minimum absolute atomic E-state index is 0.326. The Morgan fingerprint density at radius 3 is 2.38 bits per heavy atom. The zero-order valence-corrected chi connectivity index (χ0v) is 11.2. The van der Waals surface area contributed by atoms with E-state index in [1.54, 1.807) is 4.88 Å². The molecule has 1 aromatic heterocycles. The van der Waals surface area contributed by atoms with E-state index in [-0.39, 0.29) is 0 Å². The number of aryl methyl sites for hydroxylation is 2. The van der Waals surface area contributed by atoms with Gasteiger partial charge in [0.1, 0.15) is 0 Å². The van der Waals surface area contributed by atoms with Crippen LogP contribution in [0.2, 0.25) is 0 Å². The molecule has 1 aromatic rings. The molecule has 0 atom stereocenters. The maximum Gasteiger partial charge on any atom is 0.0134 e. The third kappa shape index (κ3) is 2.57. The lowest BCUT2D eigenvalue weighted by atomic mass is 9.87. The first-order chi connectivity index (χ1) is 5.97. The first kappa shape index (κ1) is 11.3. The molecule has 0 saturated heterocycles. The summed E-state index contributed by atoms with van der Waals surface area (Å²) in [5.41, 5.74) is 1.78. The number of hydrogen-bond donors (Lipinski definition) is 0. The molecule has 0 radical (unpaired) electrons. The Bertz CT molecular complexity index is 286. The normalized spacial score (nSPS) is 12.1. The Kier molecular flexibility index (Phi) is 3.58. The predicted octanol–water partition coefficient (Wildman–Crippen LogP) is 4.43. The highest BCUT2D eigenvalue weighted by molar-refractivity contribution is 9.09. The molecule has 0 amide bonds.